The third-order valence-corrected chi connectivity index (χ3v) is 17.7. The van der Waals surface area contributed by atoms with Crippen LogP contribution in [0.4, 0.5) is 17.1 Å². The first-order chi connectivity index (χ1) is 35.9. The number of carbonyl (C=O) groups is 1. The number of piperazine rings is 1. The third-order valence-electron chi connectivity index (χ3n) is 16.4. The molecule has 1 unspecified atom stereocenters. The molecule has 0 radical (unpaired) electrons. The molecule has 2 aliphatic carbocycles. The number of nitro benzene ring substituents is 1. The zero-order valence-corrected chi connectivity index (χ0v) is 43.9. The van der Waals surface area contributed by atoms with E-state index < -0.39 is 37.0 Å². The van der Waals surface area contributed by atoms with Crippen molar-refractivity contribution in [1.29, 1.82) is 0 Å². The number of piperidine rings is 1. The van der Waals surface area contributed by atoms with Crippen molar-refractivity contribution >= 4 is 44.0 Å². The van der Waals surface area contributed by atoms with E-state index in [9.17, 15) is 33.5 Å². The first kappa shape index (κ1) is 51.7. The number of hydrogen-bond acceptors (Lipinski definition) is 14. The number of hydrogen-bond donors (Lipinski definition) is 5. The molecule has 17 nitrogen and oxygen atoms in total. The van der Waals surface area contributed by atoms with Gasteiger partial charge in [0.25, 0.3) is 21.6 Å². The molecular formula is C57H68N8O9S. The second kappa shape index (κ2) is 21.1. The highest BCUT2D eigenvalue weighted by molar-refractivity contribution is 7.90. The number of aromatic hydroxyl groups is 1. The number of nitro groups is 1. The van der Waals surface area contributed by atoms with E-state index in [1.807, 2.05) is 37.3 Å². The Balaban J connectivity index is 0.831. The van der Waals surface area contributed by atoms with E-state index in [2.05, 4.69) is 72.8 Å². The Morgan fingerprint density at radius 1 is 0.947 bits per heavy atom. The fourth-order valence-electron chi connectivity index (χ4n) is 12.0. The summed E-state index contributed by atoms with van der Waals surface area (Å²) in [5.41, 5.74) is 4.47. The summed E-state index contributed by atoms with van der Waals surface area (Å²) in [6.45, 7) is 11.8. The molecule has 2 saturated heterocycles. The van der Waals surface area contributed by atoms with Crippen LogP contribution in [-0.2, 0) is 16.6 Å². The quantitative estimate of drug-likeness (QED) is 0.0451. The minimum absolute atomic E-state index is 0.0399. The van der Waals surface area contributed by atoms with Gasteiger partial charge in [-0.15, -0.1) is 0 Å². The number of fused-ring (bicyclic) bond motifs is 1. The Morgan fingerprint density at radius 3 is 2.45 bits per heavy atom. The van der Waals surface area contributed by atoms with E-state index in [0.717, 1.165) is 100 Å². The van der Waals surface area contributed by atoms with Crippen LogP contribution in [0.5, 0.6) is 23.0 Å². The zero-order valence-electron chi connectivity index (χ0n) is 43.1. The second-order valence-corrected chi connectivity index (χ2v) is 23.6. The highest BCUT2D eigenvalue weighted by atomic mass is 32.2. The van der Waals surface area contributed by atoms with Crippen LogP contribution in [0.3, 0.4) is 0 Å². The van der Waals surface area contributed by atoms with Crippen molar-refractivity contribution in [2.45, 2.75) is 107 Å². The summed E-state index contributed by atoms with van der Waals surface area (Å²) in [7, 11) is -3.04. The van der Waals surface area contributed by atoms with Crippen molar-refractivity contribution in [3.05, 3.63) is 136 Å². The molecule has 4 aromatic carbocycles. The normalized spacial score (nSPS) is 21.5. The number of nitrogens with one attached hydrogen (secondary N) is 3. The molecule has 6 aromatic rings. The van der Waals surface area contributed by atoms with E-state index in [1.54, 1.807) is 31.5 Å². The minimum Gasteiger partial charge on any atom is -0.504 e. The fraction of sp³-hybridized carbons (Fsp3) is 0.439. The van der Waals surface area contributed by atoms with Crippen molar-refractivity contribution in [3.63, 3.8) is 0 Å². The fourth-order valence-corrected chi connectivity index (χ4v) is 13.0. The number of nitrogens with zero attached hydrogens (tertiary/aromatic N) is 5. The summed E-state index contributed by atoms with van der Waals surface area (Å²) >= 11 is 0. The Hall–Kier alpha value is -6.73. The van der Waals surface area contributed by atoms with Gasteiger partial charge in [0, 0.05) is 87.3 Å². The summed E-state index contributed by atoms with van der Waals surface area (Å²) in [6, 6.07) is 27.5. The lowest BCUT2D eigenvalue weighted by atomic mass is 9.59. The Morgan fingerprint density at radius 2 is 1.72 bits per heavy atom. The van der Waals surface area contributed by atoms with Crippen molar-refractivity contribution in [2.75, 3.05) is 56.6 Å². The van der Waals surface area contributed by atoms with Crippen molar-refractivity contribution < 1.29 is 37.8 Å². The maximum Gasteiger partial charge on any atom is 0.293 e. The largest absolute Gasteiger partial charge is 0.504 e. The average Bonchev–Trinajstić information content (AvgIpc) is 3.86. The lowest BCUT2D eigenvalue weighted by Gasteiger charge is -2.58. The van der Waals surface area contributed by atoms with Gasteiger partial charge in [-0.05, 0) is 141 Å². The Bertz CT molecular complexity index is 3170. The summed E-state index contributed by atoms with van der Waals surface area (Å²) < 4.78 is 41.6. The maximum absolute atomic E-state index is 14.1. The van der Waals surface area contributed by atoms with Crippen molar-refractivity contribution in [1.82, 2.24) is 24.5 Å². The highest BCUT2D eigenvalue weighted by Crippen LogP contribution is 2.53. The molecule has 75 heavy (non-hydrogen) atoms. The second-order valence-electron chi connectivity index (χ2n) is 21.9. The molecule has 1 atom stereocenters. The molecule has 4 fully saturated rings. The molecule has 2 saturated carbocycles. The van der Waals surface area contributed by atoms with Crippen LogP contribution in [0.15, 0.2) is 108 Å². The molecule has 18 heteroatoms. The van der Waals surface area contributed by atoms with E-state index >= 15 is 0 Å². The number of phenols is 1. The number of aromatic nitrogens is 2. The number of methoxy groups -OCH3 is 1. The van der Waals surface area contributed by atoms with E-state index in [4.69, 9.17) is 9.47 Å². The van der Waals surface area contributed by atoms with Crippen LogP contribution in [-0.4, -0.2) is 107 Å². The minimum atomic E-state index is -4.60. The van der Waals surface area contributed by atoms with Gasteiger partial charge in [-0.3, -0.25) is 24.7 Å². The molecule has 10 rings (SSSR count). The topological polar surface area (TPSA) is 216 Å². The lowest BCUT2D eigenvalue weighted by Crippen LogP contribution is -2.60. The number of anilines is 2. The molecule has 0 bridgehead atoms. The van der Waals surface area contributed by atoms with Gasteiger partial charge >= 0.3 is 0 Å². The first-order valence-electron chi connectivity index (χ1n) is 26.2. The van der Waals surface area contributed by atoms with Gasteiger partial charge in [-0.25, -0.2) is 18.1 Å². The summed E-state index contributed by atoms with van der Waals surface area (Å²) in [5, 5.41) is 37.0. The van der Waals surface area contributed by atoms with Gasteiger partial charge in [0.2, 0.25) is 0 Å². The Labute approximate surface area is 438 Å². The standard InChI is InChI=1S/C57H68N8O9S/c1-37(2)45-7-5-6-8-46(45)50-36-62(35-39-9-14-52(73-4)51(66)27-39)25-26-64(50)42-31-57(32-42)20-23-63(24-21-57)41-10-12-47(53(29-41)74-43-28-40-17-22-58-54(40)60-34-43)55(67)61-75(71,72)44-11-13-48(49(30-44)65(69)70)59-33-38-15-18-56(3,68)19-16-38/h5-14,17,22,27-30,34,37-38,42,50,59,66,68H,15-16,18-21,23-26,31-33,35-36H2,1-4H3,(H,58,60)(H,61,67)/t38-,50?,56-. The van der Waals surface area contributed by atoms with Crippen LogP contribution in [0.25, 0.3) is 11.0 Å². The molecule has 2 aliphatic heterocycles. The Kier molecular flexibility index (Phi) is 14.6. The van der Waals surface area contributed by atoms with E-state index in [-0.39, 0.29) is 40.1 Å². The number of benzene rings is 4. The van der Waals surface area contributed by atoms with Gasteiger partial charge in [0.05, 0.1) is 34.3 Å². The van der Waals surface area contributed by atoms with Crippen LogP contribution in [0.1, 0.15) is 111 Å². The third kappa shape index (κ3) is 11.3. The predicted octanol–water partition coefficient (Wildman–Crippen LogP) is 9.88. The molecular weight excluding hydrogens is 973 g/mol. The molecule has 4 aliphatic rings. The van der Waals surface area contributed by atoms with Gasteiger partial charge in [-0.1, -0.05) is 44.2 Å². The number of rotatable bonds is 16. The van der Waals surface area contributed by atoms with Gasteiger partial charge in [0.15, 0.2) is 11.5 Å². The van der Waals surface area contributed by atoms with E-state index in [0.29, 0.717) is 48.5 Å². The molecule has 5 N–H and O–H groups in total. The number of aliphatic hydroxyl groups is 1. The maximum atomic E-state index is 14.1. The number of aromatic amines is 1. The molecule has 2 aromatic heterocycles. The van der Waals surface area contributed by atoms with Gasteiger partial charge in [0.1, 0.15) is 22.8 Å². The van der Waals surface area contributed by atoms with Crippen LogP contribution >= 0.6 is 0 Å². The number of phenolic OH excluding ortho intramolecular Hbond substituents is 1. The summed E-state index contributed by atoms with van der Waals surface area (Å²) in [5.74, 6) is 0.717. The number of carbonyl (C=O) groups excluding carboxylic acids is 1. The smallest absolute Gasteiger partial charge is 0.293 e. The van der Waals surface area contributed by atoms with Crippen LogP contribution in [0.2, 0.25) is 0 Å². The highest BCUT2D eigenvalue weighted by Gasteiger charge is 2.50. The number of pyridine rings is 1. The molecule has 396 valence electrons. The monoisotopic (exact) mass is 1040 g/mol. The van der Waals surface area contributed by atoms with Crippen molar-refractivity contribution in [2.24, 2.45) is 11.3 Å². The molecule has 1 spiro atoms. The predicted molar refractivity (Wildman–Crippen MR) is 288 cm³/mol. The van der Waals surface area contributed by atoms with E-state index in [1.165, 1.54) is 29.5 Å². The SMILES string of the molecule is COc1ccc(CN2CCN(C3CC4(CCN(c5ccc(C(=O)NS(=O)(=O)c6ccc(NC[C@H]7CC[C@](C)(O)CC7)c([N+](=O)[O-])c6)c(Oc6cnc7[nH]ccc7c6)c5)CC4)C3)C(c3ccccc3C(C)C)C2)cc1O. The lowest BCUT2D eigenvalue weighted by molar-refractivity contribution is -0.384. The summed E-state index contributed by atoms with van der Waals surface area (Å²) in [4.78, 5) is 40.4. The van der Waals surface area contributed by atoms with Crippen LogP contribution in [0, 0.1) is 21.4 Å². The number of sulfonamides is 1. The zero-order chi connectivity index (χ0) is 52.6. The van der Waals surface area contributed by atoms with Crippen LogP contribution < -0.4 is 24.4 Å². The van der Waals surface area contributed by atoms with Gasteiger partial charge in [-0.2, -0.15) is 0 Å². The van der Waals surface area contributed by atoms with Gasteiger partial charge < -0.3 is 34.9 Å². The average molecular weight is 1040 g/mol. The number of H-pyrrole nitrogens is 1. The number of ether oxygens (including phenoxy) is 2. The molecule has 4 heterocycles. The van der Waals surface area contributed by atoms with Crippen molar-refractivity contribution in [3.8, 4) is 23.0 Å². The summed E-state index contributed by atoms with van der Waals surface area (Å²) in [6.07, 6.45) is 10.3. The molecule has 1 amide bonds. The first-order valence-corrected chi connectivity index (χ1v) is 27.7. The number of amides is 1.